The zero-order valence-electron chi connectivity index (χ0n) is 11.9. The summed E-state index contributed by atoms with van der Waals surface area (Å²) in [5.41, 5.74) is 4.87. The molecule has 1 aromatic carbocycles. The maximum atomic E-state index is 11.9. The van der Waals surface area contributed by atoms with Gasteiger partial charge in [0.1, 0.15) is 5.75 Å². The number of rotatable bonds is 6. The van der Waals surface area contributed by atoms with Crippen molar-refractivity contribution < 1.29 is 24.0 Å². The lowest BCUT2D eigenvalue weighted by Crippen LogP contribution is -2.38. The topological polar surface area (TPSA) is 118 Å². The number of carbonyl (C=O) groups is 2. The van der Waals surface area contributed by atoms with Crippen LogP contribution in [0, 0.1) is 0 Å². The summed E-state index contributed by atoms with van der Waals surface area (Å²) in [5.74, 6) is -0.327. The van der Waals surface area contributed by atoms with Gasteiger partial charge < -0.3 is 20.2 Å². The second-order valence-corrected chi connectivity index (χ2v) is 4.83. The van der Waals surface area contributed by atoms with E-state index in [2.05, 4.69) is 5.32 Å². The minimum absolute atomic E-state index is 0.00636. The minimum Gasteiger partial charge on any atom is -0.426 e. The maximum Gasteiger partial charge on any atom is 0.313 e. The van der Waals surface area contributed by atoms with Crippen molar-refractivity contribution in [2.75, 3.05) is 13.1 Å². The number of nitrogens with zero attached hydrogens (tertiary/aromatic N) is 1. The lowest BCUT2D eigenvalue weighted by Gasteiger charge is -2.13. The van der Waals surface area contributed by atoms with Crippen molar-refractivity contribution in [3.05, 3.63) is 47.2 Å². The molecule has 23 heavy (non-hydrogen) atoms. The summed E-state index contributed by atoms with van der Waals surface area (Å²) in [6.07, 6.45) is 0. The summed E-state index contributed by atoms with van der Waals surface area (Å²) < 4.78 is 10.6. The van der Waals surface area contributed by atoms with E-state index < -0.39 is 11.9 Å². The molecule has 0 unspecified atom stereocenters. The number of benzene rings is 1. The van der Waals surface area contributed by atoms with Gasteiger partial charge in [-0.3, -0.25) is 10.0 Å². The molecule has 0 atom stereocenters. The van der Waals surface area contributed by atoms with Gasteiger partial charge in [-0.1, -0.05) is 11.6 Å². The number of ether oxygens (including phenoxy) is 1. The van der Waals surface area contributed by atoms with Crippen LogP contribution < -0.4 is 15.8 Å². The lowest BCUT2D eigenvalue weighted by atomic mass is 10.3. The van der Waals surface area contributed by atoms with Gasteiger partial charge in [0.15, 0.2) is 5.76 Å². The number of hydroxylamine groups is 2. The maximum absolute atomic E-state index is 11.9. The highest BCUT2D eigenvalue weighted by atomic mass is 35.5. The molecule has 0 saturated carbocycles. The Bertz CT molecular complexity index is 686. The summed E-state index contributed by atoms with van der Waals surface area (Å²) >= 11 is 5.77. The summed E-state index contributed by atoms with van der Waals surface area (Å²) in [7, 11) is 0. The first-order valence-corrected chi connectivity index (χ1v) is 6.91. The Morgan fingerprint density at radius 3 is 2.61 bits per heavy atom. The Balaban J connectivity index is 1.93. The Morgan fingerprint density at radius 1 is 1.26 bits per heavy atom. The van der Waals surface area contributed by atoms with Gasteiger partial charge in [-0.25, -0.2) is 9.86 Å². The van der Waals surface area contributed by atoms with Gasteiger partial charge in [-0.15, -0.1) is 0 Å². The summed E-state index contributed by atoms with van der Waals surface area (Å²) in [6, 6.07) is 8.62. The van der Waals surface area contributed by atoms with E-state index in [1.807, 2.05) is 0 Å². The molecule has 0 aliphatic carbocycles. The third-order valence-electron chi connectivity index (χ3n) is 2.68. The molecule has 2 aromatic rings. The van der Waals surface area contributed by atoms with Gasteiger partial charge >= 0.3 is 11.9 Å². The third kappa shape index (κ3) is 4.90. The Morgan fingerprint density at radius 2 is 1.96 bits per heavy atom. The molecular weight excluding hydrogens is 326 g/mol. The third-order valence-corrected chi connectivity index (χ3v) is 2.93. The summed E-state index contributed by atoms with van der Waals surface area (Å²) in [6.45, 7) is -0.137. The highest BCUT2D eigenvalue weighted by molar-refractivity contribution is 6.30. The normalized spacial score (nSPS) is 10.2. The zero-order chi connectivity index (χ0) is 16.8. The van der Waals surface area contributed by atoms with Crippen LogP contribution in [0.3, 0.4) is 0 Å². The van der Waals surface area contributed by atoms with E-state index in [1.165, 1.54) is 12.1 Å². The SMILES string of the molecule is NC(=O)NCCN(O)C(=O)c1ccc(Oc2ccc(Cl)cc2)o1. The molecule has 0 fully saturated rings. The zero-order valence-corrected chi connectivity index (χ0v) is 12.6. The summed E-state index contributed by atoms with van der Waals surface area (Å²) in [4.78, 5) is 22.4. The molecular formula is C14H14ClN3O5. The molecule has 1 aromatic heterocycles. The van der Waals surface area contributed by atoms with Crippen LogP contribution in [0.1, 0.15) is 10.6 Å². The summed E-state index contributed by atoms with van der Waals surface area (Å²) in [5, 5.41) is 12.8. The van der Waals surface area contributed by atoms with E-state index in [4.69, 9.17) is 26.5 Å². The van der Waals surface area contributed by atoms with Crippen LogP contribution in [0.2, 0.25) is 5.02 Å². The minimum atomic E-state index is -0.776. The van der Waals surface area contributed by atoms with Crippen molar-refractivity contribution in [3.63, 3.8) is 0 Å². The van der Waals surface area contributed by atoms with Crippen molar-refractivity contribution in [1.82, 2.24) is 10.4 Å². The molecule has 0 saturated heterocycles. The molecule has 8 nitrogen and oxygen atoms in total. The molecule has 3 amide bonds. The van der Waals surface area contributed by atoms with E-state index in [-0.39, 0.29) is 24.8 Å². The van der Waals surface area contributed by atoms with Crippen LogP contribution >= 0.6 is 11.6 Å². The number of hydrogen-bond donors (Lipinski definition) is 3. The molecule has 1 heterocycles. The number of furan rings is 1. The monoisotopic (exact) mass is 339 g/mol. The van der Waals surface area contributed by atoms with Gasteiger partial charge in [0.2, 0.25) is 0 Å². The van der Waals surface area contributed by atoms with Gasteiger partial charge in [0.05, 0.1) is 6.54 Å². The molecule has 2 rings (SSSR count). The average Bonchev–Trinajstić information content (AvgIpc) is 2.97. The molecule has 9 heteroatoms. The molecule has 4 N–H and O–H groups in total. The first-order valence-electron chi connectivity index (χ1n) is 6.53. The van der Waals surface area contributed by atoms with Crippen molar-refractivity contribution in [3.8, 4) is 11.7 Å². The van der Waals surface area contributed by atoms with Crippen LogP contribution in [0.15, 0.2) is 40.8 Å². The fraction of sp³-hybridized carbons (Fsp3) is 0.143. The van der Waals surface area contributed by atoms with Crippen molar-refractivity contribution >= 4 is 23.5 Å². The Labute approximate surface area is 136 Å². The van der Waals surface area contributed by atoms with Crippen LogP contribution in [-0.2, 0) is 0 Å². The van der Waals surface area contributed by atoms with Crippen LogP contribution in [-0.4, -0.2) is 35.3 Å². The van der Waals surface area contributed by atoms with E-state index in [9.17, 15) is 14.8 Å². The standard InChI is InChI=1S/C14H14ClN3O5/c15-9-1-3-10(4-2-9)22-12-6-5-11(23-12)13(19)18(21)8-7-17-14(16)20/h1-6,21H,7-8H2,(H3,16,17,20). The van der Waals surface area contributed by atoms with E-state index in [1.54, 1.807) is 24.3 Å². The highest BCUT2D eigenvalue weighted by Gasteiger charge is 2.18. The van der Waals surface area contributed by atoms with E-state index in [0.717, 1.165) is 0 Å². The van der Waals surface area contributed by atoms with Crippen LogP contribution in [0.5, 0.6) is 11.7 Å². The molecule has 0 bridgehead atoms. The number of hydrogen-bond acceptors (Lipinski definition) is 5. The largest absolute Gasteiger partial charge is 0.426 e. The first-order chi connectivity index (χ1) is 11.0. The number of nitrogens with two attached hydrogens (primary N) is 1. The van der Waals surface area contributed by atoms with Crippen molar-refractivity contribution in [1.29, 1.82) is 0 Å². The predicted octanol–water partition coefficient (Wildman–Crippen LogP) is 2.23. The van der Waals surface area contributed by atoms with Crippen LogP contribution in [0.25, 0.3) is 0 Å². The Kier molecular flexibility index (Phi) is 5.45. The number of halogens is 1. The lowest BCUT2D eigenvalue weighted by molar-refractivity contribution is -0.0586. The molecule has 122 valence electrons. The van der Waals surface area contributed by atoms with Gasteiger partial charge in [-0.2, -0.15) is 0 Å². The van der Waals surface area contributed by atoms with E-state index in [0.29, 0.717) is 15.8 Å². The average molecular weight is 340 g/mol. The van der Waals surface area contributed by atoms with Crippen molar-refractivity contribution in [2.24, 2.45) is 5.73 Å². The van der Waals surface area contributed by atoms with E-state index >= 15 is 0 Å². The number of urea groups is 1. The molecule has 0 radical (unpaired) electrons. The molecule has 0 aliphatic heterocycles. The quantitative estimate of drug-likeness (QED) is 0.551. The smallest absolute Gasteiger partial charge is 0.313 e. The van der Waals surface area contributed by atoms with Gasteiger partial charge in [0.25, 0.3) is 5.95 Å². The molecule has 0 spiro atoms. The number of nitrogens with one attached hydrogen (secondary N) is 1. The van der Waals surface area contributed by atoms with Crippen LogP contribution in [0.4, 0.5) is 4.79 Å². The second kappa shape index (κ2) is 7.52. The number of carbonyl (C=O) groups excluding carboxylic acids is 2. The van der Waals surface area contributed by atoms with Gasteiger partial charge in [0, 0.05) is 17.6 Å². The highest BCUT2D eigenvalue weighted by Crippen LogP contribution is 2.25. The predicted molar refractivity (Wildman–Crippen MR) is 80.6 cm³/mol. The van der Waals surface area contributed by atoms with Gasteiger partial charge in [-0.05, 0) is 30.3 Å². The fourth-order valence-electron chi connectivity index (χ4n) is 1.62. The fourth-order valence-corrected chi connectivity index (χ4v) is 1.75. The van der Waals surface area contributed by atoms with Crippen molar-refractivity contribution in [2.45, 2.75) is 0 Å². The second-order valence-electron chi connectivity index (χ2n) is 4.39. The first kappa shape index (κ1) is 16.7. The number of primary amides is 1. The molecule has 0 aliphatic rings. The Hall–Kier alpha value is -2.71. The number of amides is 3.